The number of fused-ring (bicyclic) bond motifs is 1. The highest BCUT2D eigenvalue weighted by Crippen LogP contribution is 2.37. The number of anilines is 1. The standard InChI is InChI=1S/C23H25NO5/c1-28-22(26)21(23(27)29-2)19(12-14-25)18-9-5-6-10-20(18)24-13-11-16-7-3-4-8-17(16)15-24/h3-10,14,19,21H,11-13,15H2,1-2H3/t19-/m0/s1. The molecule has 2 aromatic rings. The number of para-hydroxylation sites is 1. The number of carbonyl (C=O) groups excluding carboxylic acids is 3. The maximum absolute atomic E-state index is 12.4. The van der Waals surface area contributed by atoms with E-state index in [9.17, 15) is 14.4 Å². The number of aldehydes is 1. The molecule has 152 valence electrons. The van der Waals surface area contributed by atoms with E-state index in [2.05, 4.69) is 17.0 Å². The number of esters is 2. The monoisotopic (exact) mass is 395 g/mol. The van der Waals surface area contributed by atoms with Gasteiger partial charge in [0.15, 0.2) is 5.92 Å². The topological polar surface area (TPSA) is 72.9 Å². The molecule has 0 fully saturated rings. The van der Waals surface area contributed by atoms with Crippen molar-refractivity contribution >= 4 is 23.9 Å². The van der Waals surface area contributed by atoms with Crippen molar-refractivity contribution in [2.45, 2.75) is 25.3 Å². The first kappa shape index (κ1) is 20.6. The molecule has 2 aromatic carbocycles. The summed E-state index contributed by atoms with van der Waals surface area (Å²) in [4.78, 5) is 38.5. The second-order valence-electron chi connectivity index (χ2n) is 7.03. The van der Waals surface area contributed by atoms with Gasteiger partial charge in [-0.2, -0.15) is 0 Å². The molecule has 0 saturated heterocycles. The zero-order valence-corrected chi connectivity index (χ0v) is 16.7. The molecule has 0 aromatic heterocycles. The molecule has 0 bridgehead atoms. The quantitative estimate of drug-likeness (QED) is 0.408. The van der Waals surface area contributed by atoms with Crippen molar-refractivity contribution in [3.63, 3.8) is 0 Å². The predicted molar refractivity (Wildman–Crippen MR) is 109 cm³/mol. The summed E-state index contributed by atoms with van der Waals surface area (Å²) in [7, 11) is 2.45. The van der Waals surface area contributed by atoms with Gasteiger partial charge in [-0.1, -0.05) is 42.5 Å². The number of methoxy groups -OCH3 is 2. The third-order valence-electron chi connectivity index (χ3n) is 5.47. The average Bonchev–Trinajstić information content (AvgIpc) is 2.78. The van der Waals surface area contributed by atoms with Gasteiger partial charge in [0, 0.05) is 31.1 Å². The fourth-order valence-electron chi connectivity index (χ4n) is 4.02. The minimum atomic E-state index is -1.20. The van der Waals surface area contributed by atoms with Crippen molar-refractivity contribution in [2.75, 3.05) is 25.7 Å². The molecule has 0 N–H and O–H groups in total. The maximum Gasteiger partial charge on any atom is 0.320 e. The van der Waals surface area contributed by atoms with E-state index in [4.69, 9.17) is 9.47 Å². The molecule has 3 rings (SSSR count). The number of hydrogen-bond donors (Lipinski definition) is 0. The van der Waals surface area contributed by atoms with Crippen LogP contribution in [0.5, 0.6) is 0 Å². The first-order valence-electron chi connectivity index (χ1n) is 9.60. The third kappa shape index (κ3) is 4.31. The van der Waals surface area contributed by atoms with Gasteiger partial charge < -0.3 is 19.2 Å². The van der Waals surface area contributed by atoms with Crippen molar-refractivity contribution in [1.29, 1.82) is 0 Å². The highest BCUT2D eigenvalue weighted by atomic mass is 16.5. The van der Waals surface area contributed by atoms with E-state index in [1.165, 1.54) is 25.3 Å². The van der Waals surface area contributed by atoms with Crippen LogP contribution >= 0.6 is 0 Å². The van der Waals surface area contributed by atoms with Crippen LogP contribution in [0.4, 0.5) is 5.69 Å². The molecule has 6 heteroatoms. The first-order valence-corrected chi connectivity index (χ1v) is 9.60. The SMILES string of the molecule is COC(=O)C(C(=O)OC)[C@@H](CC=O)c1ccccc1N1CCc2ccccc2C1. The van der Waals surface area contributed by atoms with E-state index in [-0.39, 0.29) is 6.42 Å². The van der Waals surface area contributed by atoms with Gasteiger partial charge >= 0.3 is 11.9 Å². The summed E-state index contributed by atoms with van der Waals surface area (Å²) in [6.45, 7) is 1.53. The lowest BCUT2D eigenvalue weighted by Crippen LogP contribution is -2.35. The Bertz CT molecular complexity index is 878. The summed E-state index contributed by atoms with van der Waals surface area (Å²) in [5.41, 5.74) is 4.25. The van der Waals surface area contributed by atoms with Gasteiger partial charge in [0.2, 0.25) is 0 Å². The second-order valence-corrected chi connectivity index (χ2v) is 7.03. The van der Waals surface area contributed by atoms with Crippen LogP contribution < -0.4 is 4.90 Å². The van der Waals surface area contributed by atoms with Crippen LogP contribution in [0.25, 0.3) is 0 Å². The first-order chi connectivity index (χ1) is 14.1. The van der Waals surface area contributed by atoms with Crippen molar-refractivity contribution < 1.29 is 23.9 Å². The Balaban J connectivity index is 2.02. The minimum absolute atomic E-state index is 0.0102. The zero-order chi connectivity index (χ0) is 20.8. The Morgan fingerprint density at radius 1 is 1.00 bits per heavy atom. The molecule has 1 atom stereocenters. The van der Waals surface area contributed by atoms with Crippen LogP contribution in [-0.2, 0) is 36.8 Å². The van der Waals surface area contributed by atoms with Crippen LogP contribution in [0.1, 0.15) is 29.0 Å². The second kappa shape index (κ2) is 9.37. The zero-order valence-electron chi connectivity index (χ0n) is 16.7. The molecule has 0 unspecified atom stereocenters. The van der Waals surface area contributed by atoms with E-state index < -0.39 is 23.8 Å². The normalized spacial score (nSPS) is 14.1. The summed E-state index contributed by atoms with van der Waals surface area (Å²) in [6, 6.07) is 15.9. The van der Waals surface area contributed by atoms with Gasteiger partial charge in [-0.25, -0.2) is 0 Å². The highest BCUT2D eigenvalue weighted by Gasteiger charge is 2.39. The Kier molecular flexibility index (Phi) is 6.65. The third-order valence-corrected chi connectivity index (χ3v) is 5.47. The van der Waals surface area contributed by atoms with Crippen molar-refractivity contribution in [3.05, 3.63) is 65.2 Å². The Labute approximate surface area is 170 Å². The molecule has 0 saturated carbocycles. The van der Waals surface area contributed by atoms with E-state index in [1.54, 1.807) is 0 Å². The molecule has 1 heterocycles. The molecule has 29 heavy (non-hydrogen) atoms. The van der Waals surface area contributed by atoms with E-state index in [0.29, 0.717) is 0 Å². The van der Waals surface area contributed by atoms with Crippen LogP contribution in [0, 0.1) is 5.92 Å². The van der Waals surface area contributed by atoms with Gasteiger partial charge in [-0.05, 0) is 29.2 Å². The number of ether oxygens (including phenoxy) is 2. The fraction of sp³-hybridized carbons (Fsp3) is 0.348. The van der Waals surface area contributed by atoms with Crippen molar-refractivity contribution in [3.8, 4) is 0 Å². The van der Waals surface area contributed by atoms with E-state index >= 15 is 0 Å². The number of rotatable bonds is 7. The smallest absolute Gasteiger partial charge is 0.320 e. The molecule has 6 nitrogen and oxygen atoms in total. The summed E-state index contributed by atoms with van der Waals surface area (Å²) in [5.74, 6) is -3.28. The average molecular weight is 395 g/mol. The molecular formula is C23H25NO5. The molecule has 0 spiro atoms. The summed E-state index contributed by atoms with van der Waals surface area (Å²) >= 11 is 0. The Morgan fingerprint density at radius 3 is 2.28 bits per heavy atom. The van der Waals surface area contributed by atoms with E-state index in [1.807, 2.05) is 36.4 Å². The van der Waals surface area contributed by atoms with Crippen LogP contribution in [0.2, 0.25) is 0 Å². The Morgan fingerprint density at radius 2 is 1.62 bits per heavy atom. The Hall–Kier alpha value is -3.15. The number of hydrogen-bond acceptors (Lipinski definition) is 6. The molecule has 1 aliphatic rings. The van der Waals surface area contributed by atoms with Crippen LogP contribution in [-0.4, -0.2) is 39.0 Å². The largest absolute Gasteiger partial charge is 0.468 e. The predicted octanol–water partition coefficient (Wildman–Crippen LogP) is 2.88. The lowest BCUT2D eigenvalue weighted by Gasteiger charge is -2.34. The van der Waals surface area contributed by atoms with Gasteiger partial charge in [0.1, 0.15) is 6.29 Å². The number of benzene rings is 2. The lowest BCUT2D eigenvalue weighted by molar-refractivity contribution is -0.160. The van der Waals surface area contributed by atoms with Gasteiger partial charge in [-0.3, -0.25) is 9.59 Å². The highest BCUT2D eigenvalue weighted by molar-refractivity contribution is 5.96. The van der Waals surface area contributed by atoms with Gasteiger partial charge in [0.05, 0.1) is 14.2 Å². The fourth-order valence-corrected chi connectivity index (χ4v) is 4.02. The minimum Gasteiger partial charge on any atom is -0.468 e. The number of nitrogens with zero attached hydrogens (tertiary/aromatic N) is 1. The van der Waals surface area contributed by atoms with Gasteiger partial charge in [-0.15, -0.1) is 0 Å². The molecule has 1 aliphatic heterocycles. The van der Waals surface area contributed by atoms with Crippen molar-refractivity contribution in [2.24, 2.45) is 5.92 Å². The van der Waals surface area contributed by atoms with Crippen LogP contribution in [0.15, 0.2) is 48.5 Å². The van der Waals surface area contributed by atoms with E-state index in [0.717, 1.165) is 37.0 Å². The molecule has 0 aliphatic carbocycles. The maximum atomic E-state index is 12.4. The lowest BCUT2D eigenvalue weighted by atomic mass is 9.82. The summed E-state index contributed by atoms with van der Waals surface area (Å²) < 4.78 is 9.69. The summed E-state index contributed by atoms with van der Waals surface area (Å²) in [6.07, 6.45) is 1.64. The molecule has 0 radical (unpaired) electrons. The van der Waals surface area contributed by atoms with Crippen molar-refractivity contribution in [1.82, 2.24) is 0 Å². The molecular weight excluding hydrogens is 370 g/mol. The number of carbonyl (C=O) groups is 3. The summed E-state index contributed by atoms with van der Waals surface area (Å²) in [5, 5.41) is 0. The molecule has 0 amide bonds. The van der Waals surface area contributed by atoms with Crippen LogP contribution in [0.3, 0.4) is 0 Å². The van der Waals surface area contributed by atoms with Gasteiger partial charge in [0.25, 0.3) is 0 Å².